The molecule has 4 rings (SSSR count). The van der Waals surface area contributed by atoms with Crippen LogP contribution in [0, 0.1) is 6.92 Å². The molecule has 0 bridgehead atoms. The van der Waals surface area contributed by atoms with E-state index in [1.54, 1.807) is 28.7 Å². The lowest BCUT2D eigenvalue weighted by atomic mass is 10.1. The first-order valence-electron chi connectivity index (χ1n) is 9.31. The Labute approximate surface area is 165 Å². The third kappa shape index (κ3) is 3.79. The summed E-state index contributed by atoms with van der Waals surface area (Å²) in [7, 11) is -3.54. The van der Waals surface area contributed by atoms with Crippen LogP contribution in [0.2, 0.25) is 0 Å². The molecule has 144 valence electrons. The fraction of sp³-hybridized carbons (Fsp3) is 0.227. The lowest BCUT2D eigenvalue weighted by Crippen LogP contribution is -2.30. The van der Waals surface area contributed by atoms with Gasteiger partial charge in [0.2, 0.25) is 15.9 Å². The summed E-state index contributed by atoms with van der Waals surface area (Å²) < 4.78 is 33.6. The van der Waals surface area contributed by atoms with Gasteiger partial charge in [0.1, 0.15) is 5.75 Å². The molecular weight excluding hydrogens is 372 g/mol. The number of ether oxygens (including phenoxy) is 1. The highest BCUT2D eigenvalue weighted by Gasteiger charge is 2.36. The van der Waals surface area contributed by atoms with Gasteiger partial charge in [-0.3, -0.25) is 0 Å². The Morgan fingerprint density at radius 3 is 2.43 bits per heavy atom. The highest BCUT2D eigenvalue weighted by Crippen LogP contribution is 2.36. The second kappa shape index (κ2) is 7.73. The van der Waals surface area contributed by atoms with E-state index >= 15 is 0 Å². The summed E-state index contributed by atoms with van der Waals surface area (Å²) in [5.74, 6) is 1.20. The quantitative estimate of drug-likeness (QED) is 0.629. The number of aryl methyl sites for hydroxylation is 1. The van der Waals surface area contributed by atoms with Crippen molar-refractivity contribution in [2.45, 2.75) is 30.7 Å². The van der Waals surface area contributed by atoms with Crippen LogP contribution in [0.4, 0.5) is 0 Å². The van der Waals surface area contributed by atoms with E-state index in [-0.39, 0.29) is 6.04 Å². The molecule has 6 heteroatoms. The van der Waals surface area contributed by atoms with Gasteiger partial charge < -0.3 is 4.74 Å². The van der Waals surface area contributed by atoms with Crippen LogP contribution in [-0.4, -0.2) is 24.3 Å². The maximum atomic E-state index is 13.1. The second-order valence-electron chi connectivity index (χ2n) is 6.93. The number of rotatable bonds is 5. The summed E-state index contributed by atoms with van der Waals surface area (Å²) in [5.41, 5.74) is 1.92. The number of aromatic nitrogens is 1. The molecule has 1 atom stereocenters. The molecule has 1 aliphatic heterocycles. The average Bonchev–Trinajstić information content (AvgIpc) is 3.21. The van der Waals surface area contributed by atoms with E-state index in [0.717, 1.165) is 24.0 Å². The van der Waals surface area contributed by atoms with Crippen molar-refractivity contribution in [3.63, 3.8) is 0 Å². The number of para-hydroxylation sites is 1. The molecule has 2 aromatic carbocycles. The third-order valence-electron chi connectivity index (χ3n) is 4.94. The van der Waals surface area contributed by atoms with Crippen molar-refractivity contribution in [1.82, 2.24) is 9.29 Å². The first-order valence-corrected chi connectivity index (χ1v) is 10.8. The minimum Gasteiger partial charge on any atom is -0.439 e. The maximum absolute atomic E-state index is 13.1. The highest BCUT2D eigenvalue weighted by atomic mass is 32.2. The summed E-state index contributed by atoms with van der Waals surface area (Å²) in [6, 6.07) is 19.9. The monoisotopic (exact) mass is 394 g/mol. The minimum atomic E-state index is -3.54. The molecule has 2 heterocycles. The van der Waals surface area contributed by atoms with Gasteiger partial charge in [0.05, 0.1) is 10.9 Å². The topological polar surface area (TPSA) is 59.5 Å². The van der Waals surface area contributed by atoms with E-state index in [9.17, 15) is 8.42 Å². The molecular formula is C22H22N2O3S. The van der Waals surface area contributed by atoms with E-state index in [0.29, 0.717) is 23.1 Å². The molecule has 5 nitrogen and oxygen atoms in total. The molecule has 0 N–H and O–H groups in total. The summed E-state index contributed by atoms with van der Waals surface area (Å²) in [4.78, 5) is 4.71. The lowest BCUT2D eigenvalue weighted by Gasteiger charge is -2.24. The first kappa shape index (κ1) is 18.7. The van der Waals surface area contributed by atoms with Gasteiger partial charge in [0.15, 0.2) is 0 Å². The summed E-state index contributed by atoms with van der Waals surface area (Å²) >= 11 is 0. The smallest absolute Gasteiger partial charge is 0.243 e. The molecule has 3 aromatic rings. The van der Waals surface area contributed by atoms with E-state index in [4.69, 9.17) is 4.74 Å². The van der Waals surface area contributed by atoms with Gasteiger partial charge in [-0.2, -0.15) is 4.31 Å². The van der Waals surface area contributed by atoms with Crippen LogP contribution in [0.15, 0.2) is 77.8 Å². The Morgan fingerprint density at radius 2 is 1.75 bits per heavy atom. The summed E-state index contributed by atoms with van der Waals surface area (Å²) in [5, 5.41) is 0. The lowest BCUT2D eigenvalue weighted by molar-refractivity contribution is 0.395. The molecule has 28 heavy (non-hydrogen) atoms. The van der Waals surface area contributed by atoms with Crippen LogP contribution in [0.25, 0.3) is 0 Å². The standard InChI is InChI=1S/C22H22N2O3S/c1-17-9-12-20(13-10-17)28(25,26)24-15-5-8-21(24)18-11-14-22(23-16-18)27-19-6-3-2-4-7-19/h2-4,6-7,9-14,16,21H,5,8,15H2,1H3. The second-order valence-corrected chi connectivity index (χ2v) is 8.82. The third-order valence-corrected chi connectivity index (χ3v) is 6.86. The number of hydrogen-bond acceptors (Lipinski definition) is 4. The predicted molar refractivity (Wildman–Crippen MR) is 108 cm³/mol. The zero-order chi connectivity index (χ0) is 19.6. The van der Waals surface area contributed by atoms with Crippen molar-refractivity contribution in [1.29, 1.82) is 0 Å². The first-order chi connectivity index (χ1) is 13.5. The fourth-order valence-electron chi connectivity index (χ4n) is 3.47. The molecule has 0 spiro atoms. The van der Waals surface area contributed by atoms with Crippen LogP contribution in [0.3, 0.4) is 0 Å². The van der Waals surface area contributed by atoms with Crippen LogP contribution in [0.5, 0.6) is 11.6 Å². The summed E-state index contributed by atoms with van der Waals surface area (Å²) in [6.07, 6.45) is 3.33. The van der Waals surface area contributed by atoms with Crippen molar-refractivity contribution in [3.05, 3.63) is 84.1 Å². The van der Waals surface area contributed by atoms with E-state index < -0.39 is 10.0 Å². The zero-order valence-corrected chi connectivity index (χ0v) is 16.5. The van der Waals surface area contributed by atoms with Gasteiger partial charge >= 0.3 is 0 Å². The van der Waals surface area contributed by atoms with Crippen molar-refractivity contribution in [2.75, 3.05) is 6.54 Å². The Bertz CT molecular complexity index is 1030. The molecule has 1 unspecified atom stereocenters. The molecule has 0 radical (unpaired) electrons. The molecule has 1 fully saturated rings. The van der Waals surface area contributed by atoms with Gasteiger partial charge in [-0.05, 0) is 49.6 Å². The summed E-state index contributed by atoms with van der Waals surface area (Å²) in [6.45, 7) is 2.46. The molecule has 0 amide bonds. The number of nitrogens with zero attached hydrogens (tertiary/aromatic N) is 2. The van der Waals surface area contributed by atoms with Gasteiger partial charge in [-0.15, -0.1) is 0 Å². The largest absolute Gasteiger partial charge is 0.439 e. The molecule has 1 aliphatic rings. The van der Waals surface area contributed by atoms with E-state index in [1.165, 1.54) is 0 Å². The number of hydrogen-bond donors (Lipinski definition) is 0. The molecule has 0 saturated carbocycles. The highest BCUT2D eigenvalue weighted by molar-refractivity contribution is 7.89. The molecule has 1 aromatic heterocycles. The van der Waals surface area contributed by atoms with Gasteiger partial charge in [0, 0.05) is 18.8 Å². The Morgan fingerprint density at radius 1 is 1.00 bits per heavy atom. The molecule has 1 saturated heterocycles. The van der Waals surface area contributed by atoms with Crippen LogP contribution >= 0.6 is 0 Å². The molecule has 0 aliphatic carbocycles. The van der Waals surface area contributed by atoms with Crippen LogP contribution < -0.4 is 4.74 Å². The van der Waals surface area contributed by atoms with Crippen LogP contribution in [0.1, 0.15) is 30.0 Å². The number of benzene rings is 2. The Kier molecular flexibility index (Phi) is 5.15. The number of pyridine rings is 1. The minimum absolute atomic E-state index is 0.204. The van der Waals surface area contributed by atoms with Gasteiger partial charge in [-0.1, -0.05) is 42.0 Å². The normalized spacial score (nSPS) is 17.5. The van der Waals surface area contributed by atoms with Gasteiger partial charge in [-0.25, -0.2) is 13.4 Å². The van der Waals surface area contributed by atoms with E-state index in [2.05, 4.69) is 4.98 Å². The maximum Gasteiger partial charge on any atom is 0.243 e. The Balaban J connectivity index is 1.55. The average molecular weight is 394 g/mol. The SMILES string of the molecule is Cc1ccc(S(=O)(=O)N2CCCC2c2ccc(Oc3ccccc3)nc2)cc1. The van der Waals surface area contributed by atoms with Gasteiger partial charge in [0.25, 0.3) is 0 Å². The number of sulfonamides is 1. The van der Waals surface area contributed by atoms with Crippen LogP contribution in [-0.2, 0) is 10.0 Å². The predicted octanol–water partition coefficient (Wildman–Crippen LogP) is 4.71. The Hall–Kier alpha value is -2.70. The van der Waals surface area contributed by atoms with E-state index in [1.807, 2.05) is 55.5 Å². The fourth-order valence-corrected chi connectivity index (χ4v) is 5.15. The van der Waals surface area contributed by atoms with Crippen molar-refractivity contribution in [2.24, 2.45) is 0 Å². The zero-order valence-electron chi connectivity index (χ0n) is 15.7. The van der Waals surface area contributed by atoms with Crippen molar-refractivity contribution in [3.8, 4) is 11.6 Å². The van der Waals surface area contributed by atoms with Crippen molar-refractivity contribution >= 4 is 10.0 Å². The van der Waals surface area contributed by atoms with Crippen molar-refractivity contribution < 1.29 is 13.2 Å².